The smallest absolute Gasteiger partial charge is 0.191 e. The summed E-state index contributed by atoms with van der Waals surface area (Å²) in [5.74, 6) is 1.72. The molecular weight excluding hydrogens is 427 g/mol. The fourth-order valence-corrected chi connectivity index (χ4v) is 3.24. The van der Waals surface area contributed by atoms with Gasteiger partial charge < -0.3 is 20.3 Å². The zero-order valence-electron chi connectivity index (χ0n) is 15.8. The zero-order valence-corrected chi connectivity index (χ0v) is 18.1. The zero-order chi connectivity index (χ0) is 17.2. The Morgan fingerprint density at radius 2 is 2.00 bits per heavy atom. The second-order valence-electron chi connectivity index (χ2n) is 6.48. The monoisotopic (exact) mass is 460 g/mol. The molecule has 1 aromatic carbocycles. The lowest BCUT2D eigenvalue weighted by Gasteiger charge is -2.31. The molecule has 1 aromatic rings. The van der Waals surface area contributed by atoms with Gasteiger partial charge in [0.15, 0.2) is 5.96 Å². The maximum atomic E-state index is 5.26. The van der Waals surface area contributed by atoms with E-state index < -0.39 is 0 Å². The fourth-order valence-electron chi connectivity index (χ4n) is 3.24. The van der Waals surface area contributed by atoms with Crippen molar-refractivity contribution in [1.82, 2.24) is 15.5 Å². The molecule has 5 nitrogen and oxygen atoms in total. The van der Waals surface area contributed by atoms with Crippen LogP contribution in [0.2, 0.25) is 0 Å². The average molecular weight is 460 g/mol. The number of nitrogens with one attached hydrogen (secondary N) is 2. The summed E-state index contributed by atoms with van der Waals surface area (Å²) in [5.41, 5.74) is 1.18. The Balaban J connectivity index is 0.00000312. The summed E-state index contributed by atoms with van der Waals surface area (Å²) in [6.07, 6.45) is 6.86. The number of halogens is 1. The first kappa shape index (κ1) is 22.0. The van der Waals surface area contributed by atoms with Gasteiger partial charge >= 0.3 is 0 Å². The highest BCUT2D eigenvalue weighted by atomic mass is 127. The van der Waals surface area contributed by atoms with E-state index >= 15 is 0 Å². The molecule has 0 aromatic heterocycles. The number of hydrogen-bond donors (Lipinski definition) is 2. The summed E-state index contributed by atoms with van der Waals surface area (Å²) >= 11 is 0. The quantitative estimate of drug-likeness (QED) is 0.373. The van der Waals surface area contributed by atoms with Crippen LogP contribution in [0.5, 0.6) is 5.75 Å². The third kappa shape index (κ3) is 7.81. The molecule has 6 heteroatoms. The van der Waals surface area contributed by atoms with E-state index in [0.29, 0.717) is 0 Å². The Bertz CT molecular complexity index is 518. The van der Waals surface area contributed by atoms with Crippen LogP contribution in [0.3, 0.4) is 0 Å². The van der Waals surface area contributed by atoms with Gasteiger partial charge in [0, 0.05) is 32.7 Å². The van der Waals surface area contributed by atoms with Crippen LogP contribution in [0.4, 0.5) is 0 Å². The average Bonchev–Trinajstić information content (AvgIpc) is 2.65. The van der Waals surface area contributed by atoms with Crippen molar-refractivity contribution in [3.05, 3.63) is 29.8 Å². The van der Waals surface area contributed by atoms with Crippen LogP contribution in [0.1, 0.15) is 37.7 Å². The predicted octanol–water partition coefficient (Wildman–Crippen LogP) is 3.24. The van der Waals surface area contributed by atoms with Gasteiger partial charge in [0.1, 0.15) is 5.75 Å². The van der Waals surface area contributed by atoms with Crippen LogP contribution in [-0.2, 0) is 6.54 Å². The maximum Gasteiger partial charge on any atom is 0.191 e. The molecule has 0 saturated heterocycles. The molecule has 0 unspecified atom stereocenters. The van der Waals surface area contributed by atoms with E-state index in [9.17, 15) is 0 Å². The van der Waals surface area contributed by atoms with E-state index in [2.05, 4.69) is 33.6 Å². The van der Waals surface area contributed by atoms with Gasteiger partial charge in [0.25, 0.3) is 0 Å². The minimum Gasteiger partial charge on any atom is -0.497 e. The van der Waals surface area contributed by atoms with Gasteiger partial charge in [0.2, 0.25) is 0 Å². The van der Waals surface area contributed by atoms with E-state index in [1.54, 1.807) is 7.11 Å². The lowest BCUT2D eigenvalue weighted by molar-refractivity contribution is 0.194. The molecule has 25 heavy (non-hydrogen) atoms. The molecule has 2 rings (SSSR count). The van der Waals surface area contributed by atoms with Crippen LogP contribution in [0.15, 0.2) is 29.3 Å². The molecule has 1 aliphatic carbocycles. The van der Waals surface area contributed by atoms with E-state index in [-0.39, 0.29) is 24.0 Å². The number of ether oxygens (including phenoxy) is 1. The molecule has 0 spiro atoms. The van der Waals surface area contributed by atoms with E-state index in [4.69, 9.17) is 4.74 Å². The van der Waals surface area contributed by atoms with Crippen molar-refractivity contribution in [3.8, 4) is 5.75 Å². The van der Waals surface area contributed by atoms with Crippen LogP contribution >= 0.6 is 24.0 Å². The third-order valence-electron chi connectivity index (χ3n) is 4.77. The number of benzene rings is 1. The van der Waals surface area contributed by atoms with Gasteiger partial charge in [-0.1, -0.05) is 31.4 Å². The first-order valence-electron chi connectivity index (χ1n) is 9.00. The van der Waals surface area contributed by atoms with Gasteiger partial charge in [-0.3, -0.25) is 4.99 Å². The summed E-state index contributed by atoms with van der Waals surface area (Å²) in [4.78, 5) is 6.79. The summed E-state index contributed by atoms with van der Waals surface area (Å²) in [7, 11) is 5.74. The second-order valence-corrected chi connectivity index (χ2v) is 6.48. The summed E-state index contributed by atoms with van der Waals surface area (Å²) in [6, 6.07) is 8.84. The summed E-state index contributed by atoms with van der Waals surface area (Å²) in [6.45, 7) is 2.69. The van der Waals surface area contributed by atoms with Crippen LogP contribution in [0, 0.1) is 0 Å². The van der Waals surface area contributed by atoms with Crippen molar-refractivity contribution in [2.75, 3.05) is 34.3 Å². The minimum atomic E-state index is 0. The molecule has 0 amide bonds. The molecule has 1 fully saturated rings. The Labute approximate surface area is 169 Å². The molecule has 1 aliphatic rings. The minimum absolute atomic E-state index is 0. The number of hydrogen-bond acceptors (Lipinski definition) is 3. The largest absolute Gasteiger partial charge is 0.497 e. The molecule has 0 bridgehead atoms. The predicted molar refractivity (Wildman–Crippen MR) is 116 cm³/mol. The van der Waals surface area contributed by atoms with Crippen LogP contribution < -0.4 is 15.4 Å². The van der Waals surface area contributed by atoms with E-state index in [1.165, 1.54) is 37.7 Å². The summed E-state index contributed by atoms with van der Waals surface area (Å²) in [5, 5.41) is 6.76. The lowest BCUT2D eigenvalue weighted by atomic mass is 9.94. The van der Waals surface area contributed by atoms with Gasteiger partial charge in [-0.25, -0.2) is 0 Å². The van der Waals surface area contributed by atoms with Gasteiger partial charge in [-0.2, -0.15) is 0 Å². The SMILES string of the molecule is CN=C(NCCN(C)C1CCCCC1)NCc1cccc(OC)c1.I. The Hall–Kier alpha value is -1.02. The van der Waals surface area contributed by atoms with Gasteiger partial charge in [-0.15, -0.1) is 24.0 Å². The molecule has 1 saturated carbocycles. The Morgan fingerprint density at radius 1 is 1.24 bits per heavy atom. The molecule has 0 atom stereocenters. The highest BCUT2D eigenvalue weighted by Gasteiger charge is 2.17. The molecule has 0 heterocycles. The maximum absolute atomic E-state index is 5.26. The van der Waals surface area contributed by atoms with Crippen molar-refractivity contribution < 1.29 is 4.74 Å². The fraction of sp³-hybridized carbons (Fsp3) is 0.632. The van der Waals surface area contributed by atoms with Crippen LogP contribution in [0.25, 0.3) is 0 Å². The molecule has 0 radical (unpaired) electrons. The number of likely N-dealkylation sites (N-methyl/N-ethyl adjacent to an activating group) is 1. The highest BCUT2D eigenvalue weighted by molar-refractivity contribution is 14.0. The standard InChI is InChI=1S/C19H32N4O.HI/c1-20-19(22-15-16-8-7-11-18(14-16)24-3)21-12-13-23(2)17-9-5-4-6-10-17;/h7-8,11,14,17H,4-6,9-10,12-13,15H2,1-3H3,(H2,20,21,22);1H. The lowest BCUT2D eigenvalue weighted by Crippen LogP contribution is -2.43. The van der Waals surface area contributed by atoms with E-state index in [0.717, 1.165) is 37.4 Å². The molecule has 0 aliphatic heterocycles. The topological polar surface area (TPSA) is 48.9 Å². The van der Waals surface area contributed by atoms with Crippen LogP contribution in [-0.4, -0.2) is 51.2 Å². The van der Waals surface area contributed by atoms with Gasteiger partial charge in [-0.05, 0) is 37.6 Å². The number of guanidine groups is 1. The summed E-state index contributed by atoms with van der Waals surface area (Å²) < 4.78 is 5.26. The number of nitrogens with zero attached hydrogens (tertiary/aromatic N) is 2. The normalized spacial score (nSPS) is 15.6. The number of rotatable bonds is 7. The third-order valence-corrected chi connectivity index (χ3v) is 4.77. The second kappa shape index (κ2) is 12.4. The Kier molecular flexibility index (Phi) is 10.9. The Morgan fingerprint density at radius 3 is 2.68 bits per heavy atom. The van der Waals surface area contributed by atoms with Crippen molar-refractivity contribution in [1.29, 1.82) is 0 Å². The molecule has 142 valence electrons. The van der Waals surface area contributed by atoms with Gasteiger partial charge in [0.05, 0.1) is 7.11 Å². The first-order chi connectivity index (χ1) is 11.7. The van der Waals surface area contributed by atoms with E-state index in [1.807, 2.05) is 25.2 Å². The number of aliphatic imine (C=N–C) groups is 1. The van der Waals surface area contributed by atoms with Crippen molar-refractivity contribution in [2.24, 2.45) is 4.99 Å². The van der Waals surface area contributed by atoms with Crippen molar-refractivity contribution >= 4 is 29.9 Å². The highest BCUT2D eigenvalue weighted by Crippen LogP contribution is 2.21. The molecular formula is C19H33IN4O. The van der Waals surface area contributed by atoms with Crippen molar-refractivity contribution in [2.45, 2.75) is 44.7 Å². The first-order valence-corrected chi connectivity index (χ1v) is 9.00. The number of methoxy groups -OCH3 is 1. The molecule has 2 N–H and O–H groups in total. The van der Waals surface area contributed by atoms with Crippen molar-refractivity contribution in [3.63, 3.8) is 0 Å².